The Balaban J connectivity index is 1.87. The minimum absolute atomic E-state index is 0.0236. The van der Waals surface area contributed by atoms with Crippen LogP contribution in [0.5, 0.6) is 11.5 Å². The van der Waals surface area contributed by atoms with Crippen molar-refractivity contribution in [2.45, 2.75) is 19.5 Å². The molecule has 0 bridgehead atoms. The second-order valence-electron chi connectivity index (χ2n) is 5.57. The van der Waals surface area contributed by atoms with E-state index in [0.717, 1.165) is 12.1 Å². The summed E-state index contributed by atoms with van der Waals surface area (Å²) in [5.41, 5.74) is -0.739. The zero-order chi connectivity index (χ0) is 19.3. The number of rotatable bonds is 6. The standard InChI is InChI=1S/C18H17ClF3NO3/c1-11-9-12(24)10-15(19)16(11)26-8-4-7-23-17(25)13-5-2-3-6-14(13)18(20,21)22/h2-3,5-6,9-10,24H,4,7-8H2,1H3,(H,23,25). The molecule has 2 N–H and O–H groups in total. The molecule has 0 saturated heterocycles. The highest BCUT2D eigenvalue weighted by Gasteiger charge is 2.34. The van der Waals surface area contributed by atoms with Crippen LogP contribution in [0.4, 0.5) is 13.2 Å². The minimum Gasteiger partial charge on any atom is -0.508 e. The van der Waals surface area contributed by atoms with E-state index in [1.54, 1.807) is 6.92 Å². The molecule has 0 unspecified atom stereocenters. The molecule has 0 aliphatic rings. The number of hydrogen-bond donors (Lipinski definition) is 2. The highest BCUT2D eigenvalue weighted by atomic mass is 35.5. The van der Waals surface area contributed by atoms with Crippen molar-refractivity contribution in [3.05, 3.63) is 58.1 Å². The van der Waals surface area contributed by atoms with Crippen molar-refractivity contribution in [1.29, 1.82) is 0 Å². The number of amides is 1. The van der Waals surface area contributed by atoms with E-state index in [0.29, 0.717) is 17.7 Å². The summed E-state index contributed by atoms with van der Waals surface area (Å²) in [7, 11) is 0. The molecule has 0 radical (unpaired) electrons. The fraction of sp³-hybridized carbons (Fsp3) is 0.278. The van der Waals surface area contributed by atoms with Crippen LogP contribution < -0.4 is 10.1 Å². The van der Waals surface area contributed by atoms with Gasteiger partial charge in [0, 0.05) is 12.6 Å². The highest BCUT2D eigenvalue weighted by molar-refractivity contribution is 6.32. The molecular formula is C18H17ClF3NO3. The largest absolute Gasteiger partial charge is 0.508 e. The van der Waals surface area contributed by atoms with Gasteiger partial charge >= 0.3 is 6.18 Å². The lowest BCUT2D eigenvalue weighted by molar-refractivity contribution is -0.137. The molecule has 0 aliphatic heterocycles. The second-order valence-corrected chi connectivity index (χ2v) is 5.98. The van der Waals surface area contributed by atoms with Gasteiger partial charge in [-0.15, -0.1) is 0 Å². The Morgan fingerprint density at radius 3 is 2.62 bits per heavy atom. The maximum Gasteiger partial charge on any atom is 0.417 e. The summed E-state index contributed by atoms with van der Waals surface area (Å²) in [5, 5.41) is 12.1. The molecular weight excluding hydrogens is 371 g/mol. The van der Waals surface area contributed by atoms with E-state index < -0.39 is 23.2 Å². The number of phenolic OH excluding ortho intramolecular Hbond substituents is 1. The summed E-state index contributed by atoms with van der Waals surface area (Å²) >= 11 is 5.98. The summed E-state index contributed by atoms with van der Waals surface area (Å²) < 4.78 is 44.3. The molecule has 0 spiro atoms. The third-order valence-corrected chi connectivity index (χ3v) is 3.82. The lowest BCUT2D eigenvalue weighted by Gasteiger charge is -2.13. The van der Waals surface area contributed by atoms with Gasteiger partial charge in [-0.3, -0.25) is 4.79 Å². The van der Waals surface area contributed by atoms with Gasteiger partial charge in [0.1, 0.15) is 11.5 Å². The summed E-state index contributed by atoms with van der Waals surface area (Å²) in [6.45, 7) is 2.06. The number of halogens is 4. The van der Waals surface area contributed by atoms with Crippen LogP contribution in [0.25, 0.3) is 0 Å². The summed E-state index contributed by atoms with van der Waals surface area (Å²) in [4.78, 5) is 12.0. The number of nitrogens with one attached hydrogen (secondary N) is 1. The number of aromatic hydroxyl groups is 1. The van der Waals surface area contributed by atoms with Crippen molar-refractivity contribution in [3.8, 4) is 11.5 Å². The number of carbonyl (C=O) groups is 1. The van der Waals surface area contributed by atoms with Crippen molar-refractivity contribution in [2.24, 2.45) is 0 Å². The Kier molecular flexibility index (Phi) is 6.37. The summed E-state index contributed by atoms with van der Waals surface area (Å²) in [6.07, 6.45) is -4.22. The van der Waals surface area contributed by atoms with Crippen molar-refractivity contribution in [3.63, 3.8) is 0 Å². The SMILES string of the molecule is Cc1cc(O)cc(Cl)c1OCCCNC(=O)c1ccccc1C(F)(F)F. The number of aryl methyl sites for hydroxylation is 1. The van der Waals surface area contributed by atoms with E-state index in [1.807, 2.05) is 0 Å². The van der Waals surface area contributed by atoms with Gasteiger partial charge in [-0.25, -0.2) is 0 Å². The summed E-state index contributed by atoms with van der Waals surface area (Å²) in [6, 6.07) is 7.46. The van der Waals surface area contributed by atoms with Gasteiger partial charge in [0.2, 0.25) is 0 Å². The van der Waals surface area contributed by atoms with Crippen LogP contribution in [0.15, 0.2) is 36.4 Å². The van der Waals surface area contributed by atoms with Gasteiger partial charge < -0.3 is 15.2 Å². The number of alkyl halides is 3. The van der Waals surface area contributed by atoms with Crippen LogP contribution in [-0.4, -0.2) is 24.2 Å². The predicted molar refractivity (Wildman–Crippen MR) is 91.7 cm³/mol. The normalized spacial score (nSPS) is 11.3. The molecule has 2 aromatic rings. The van der Waals surface area contributed by atoms with Gasteiger partial charge in [-0.1, -0.05) is 23.7 Å². The molecule has 4 nitrogen and oxygen atoms in total. The Bertz CT molecular complexity index is 770. The third-order valence-electron chi connectivity index (χ3n) is 3.54. The lowest BCUT2D eigenvalue weighted by Crippen LogP contribution is -2.28. The Morgan fingerprint density at radius 1 is 1.27 bits per heavy atom. The zero-order valence-electron chi connectivity index (χ0n) is 13.9. The van der Waals surface area contributed by atoms with E-state index in [4.69, 9.17) is 16.3 Å². The highest BCUT2D eigenvalue weighted by Crippen LogP contribution is 2.33. The maximum atomic E-state index is 12.9. The van der Waals surface area contributed by atoms with E-state index in [9.17, 15) is 23.1 Å². The third kappa shape index (κ3) is 5.05. The lowest BCUT2D eigenvalue weighted by atomic mass is 10.1. The Labute approximate surface area is 153 Å². The Hall–Kier alpha value is -2.41. The molecule has 8 heteroatoms. The smallest absolute Gasteiger partial charge is 0.417 e. The quantitative estimate of drug-likeness (QED) is 0.714. The fourth-order valence-electron chi connectivity index (χ4n) is 2.37. The van der Waals surface area contributed by atoms with Crippen LogP contribution in [0.1, 0.15) is 27.9 Å². The van der Waals surface area contributed by atoms with Crippen LogP contribution in [0.2, 0.25) is 5.02 Å². The average Bonchev–Trinajstić information content (AvgIpc) is 2.55. The number of ether oxygens (including phenoxy) is 1. The van der Waals surface area contributed by atoms with Gasteiger partial charge in [-0.05, 0) is 37.1 Å². The van der Waals surface area contributed by atoms with Crippen LogP contribution in [0.3, 0.4) is 0 Å². The van der Waals surface area contributed by atoms with Gasteiger partial charge in [-0.2, -0.15) is 13.2 Å². The molecule has 2 aromatic carbocycles. The first-order valence-corrected chi connectivity index (χ1v) is 8.14. The van der Waals surface area contributed by atoms with Crippen molar-refractivity contribution in [1.82, 2.24) is 5.32 Å². The first kappa shape index (κ1) is 19.9. The van der Waals surface area contributed by atoms with Crippen molar-refractivity contribution in [2.75, 3.05) is 13.2 Å². The average molecular weight is 388 g/mol. The number of hydrogen-bond acceptors (Lipinski definition) is 3. The molecule has 140 valence electrons. The summed E-state index contributed by atoms with van der Waals surface area (Å²) in [5.74, 6) is -0.356. The van der Waals surface area contributed by atoms with E-state index in [2.05, 4.69) is 5.32 Å². The number of phenols is 1. The maximum absolute atomic E-state index is 12.9. The van der Waals surface area contributed by atoms with Gasteiger partial charge in [0.25, 0.3) is 5.91 Å². The fourth-order valence-corrected chi connectivity index (χ4v) is 2.68. The molecule has 0 heterocycles. The molecule has 0 aliphatic carbocycles. The van der Waals surface area contributed by atoms with Gasteiger partial charge in [0.05, 0.1) is 22.8 Å². The van der Waals surface area contributed by atoms with Crippen LogP contribution in [0, 0.1) is 6.92 Å². The molecule has 0 saturated carbocycles. The predicted octanol–water partition coefficient (Wildman–Crippen LogP) is 4.57. The monoisotopic (exact) mass is 387 g/mol. The molecule has 26 heavy (non-hydrogen) atoms. The molecule has 2 rings (SSSR count). The van der Waals surface area contributed by atoms with Crippen LogP contribution >= 0.6 is 11.6 Å². The van der Waals surface area contributed by atoms with E-state index >= 15 is 0 Å². The number of carbonyl (C=O) groups excluding carboxylic acids is 1. The number of benzene rings is 2. The van der Waals surface area contributed by atoms with E-state index in [1.165, 1.54) is 24.3 Å². The van der Waals surface area contributed by atoms with Crippen molar-refractivity contribution >= 4 is 17.5 Å². The molecule has 0 fully saturated rings. The Morgan fingerprint density at radius 2 is 1.96 bits per heavy atom. The zero-order valence-corrected chi connectivity index (χ0v) is 14.6. The van der Waals surface area contributed by atoms with Crippen LogP contribution in [-0.2, 0) is 6.18 Å². The molecule has 1 amide bonds. The molecule has 0 aromatic heterocycles. The van der Waals surface area contributed by atoms with E-state index in [-0.39, 0.29) is 23.9 Å². The molecule has 0 atom stereocenters. The first-order valence-electron chi connectivity index (χ1n) is 7.76. The topological polar surface area (TPSA) is 58.6 Å². The first-order chi connectivity index (χ1) is 12.2. The minimum atomic E-state index is -4.59. The van der Waals surface area contributed by atoms with Crippen molar-refractivity contribution < 1.29 is 27.8 Å². The van der Waals surface area contributed by atoms with Gasteiger partial charge in [0.15, 0.2) is 0 Å². The second kappa shape index (κ2) is 8.31.